The predicted octanol–water partition coefficient (Wildman–Crippen LogP) is 5.61. The van der Waals surface area contributed by atoms with Gasteiger partial charge in [-0.25, -0.2) is 0 Å². The second kappa shape index (κ2) is 11.9. The summed E-state index contributed by atoms with van der Waals surface area (Å²) in [4.78, 5) is 0. The molecule has 0 aromatic heterocycles. The van der Waals surface area contributed by atoms with Crippen LogP contribution in [0.4, 0.5) is 0 Å². The van der Waals surface area contributed by atoms with E-state index in [9.17, 15) is 0 Å². The molecule has 0 saturated heterocycles. The van der Waals surface area contributed by atoms with E-state index in [-0.39, 0.29) is 6.92 Å². The van der Waals surface area contributed by atoms with Crippen molar-refractivity contribution in [3.63, 3.8) is 0 Å². The van der Waals surface area contributed by atoms with Gasteiger partial charge in [-0.05, 0) is 0 Å². The van der Waals surface area contributed by atoms with Gasteiger partial charge in [0.15, 0.2) is 0 Å². The third kappa shape index (κ3) is 4.49. The van der Waals surface area contributed by atoms with Gasteiger partial charge in [0, 0.05) is 0 Å². The molecule has 0 atom stereocenters. The Morgan fingerprint density at radius 1 is 0.400 bits per heavy atom. The summed E-state index contributed by atoms with van der Waals surface area (Å²) in [6, 6.07) is 65.5. The molecule has 0 amide bonds. The topological polar surface area (TPSA) is 36.9 Å². The van der Waals surface area contributed by atoms with Crippen LogP contribution >= 0.6 is 0 Å². The van der Waals surface area contributed by atoms with Crippen LogP contribution in [0.2, 0.25) is 0 Å². The van der Waals surface area contributed by atoms with Gasteiger partial charge in [0.05, 0.1) is 0 Å². The zero-order valence-corrected chi connectivity index (χ0v) is 33.0. The van der Waals surface area contributed by atoms with Crippen molar-refractivity contribution in [3.05, 3.63) is 182 Å². The normalized spacial score (nSPS) is 13.6. The maximum absolute atomic E-state index is 7.01. The molecule has 256 valence electrons. The van der Waals surface area contributed by atoms with Crippen LogP contribution in [0, 0.1) is 0 Å². The summed E-state index contributed by atoms with van der Waals surface area (Å²) in [5, 5.41) is 5.04. The second-order valence-electron chi connectivity index (χ2n) is 14.6. The Morgan fingerprint density at radius 2 is 0.945 bits per heavy atom. The fourth-order valence-electron chi connectivity index (χ4n) is 9.43. The van der Waals surface area contributed by atoms with Gasteiger partial charge in [0.2, 0.25) is 0 Å². The summed E-state index contributed by atoms with van der Waals surface area (Å²) in [6.45, 7) is -0.273. The Hall–Kier alpha value is -6.12. The summed E-state index contributed by atoms with van der Waals surface area (Å²) in [5.41, 5.74) is 6.68. The molecule has 4 nitrogen and oxygen atoms in total. The molecule has 7 heteroatoms. The number of fused-ring (bicyclic) bond motifs is 8. The van der Waals surface area contributed by atoms with Gasteiger partial charge in [-0.1, -0.05) is 6.07 Å². The average molecular weight is 779 g/mol. The number of rotatable bonds is 4. The molecule has 55 heavy (non-hydrogen) atoms. The molecule has 0 N–H and O–H groups in total. The number of hydrogen-bond acceptors (Lipinski definition) is 4. The van der Waals surface area contributed by atoms with Crippen LogP contribution < -0.4 is 57.6 Å². The van der Waals surface area contributed by atoms with E-state index in [2.05, 4.69) is 176 Å². The van der Waals surface area contributed by atoms with Gasteiger partial charge in [-0.2, -0.15) is 0 Å². The molecule has 0 fully saturated rings. The average Bonchev–Trinajstić information content (AvgIpc) is 3.25. The Bertz CT molecular complexity index is 2670. The first-order valence-electron chi connectivity index (χ1n) is 18.8. The van der Waals surface area contributed by atoms with E-state index in [0.717, 1.165) is 62.1 Å². The molecule has 0 radical (unpaired) electrons. The third-order valence-electron chi connectivity index (χ3n) is 11.8. The van der Waals surface area contributed by atoms with Gasteiger partial charge < -0.3 is 0 Å². The van der Waals surface area contributed by atoms with Gasteiger partial charge in [0.25, 0.3) is 0 Å². The molecule has 12 rings (SSSR count). The first-order chi connectivity index (χ1) is 27.3. The minimum atomic E-state index is -3.16. The minimum absolute atomic E-state index is 0.273. The quantitative estimate of drug-likeness (QED) is 0.172. The molecule has 0 saturated carbocycles. The van der Waals surface area contributed by atoms with Crippen LogP contribution in [0.15, 0.2) is 182 Å². The molecule has 8 aromatic carbocycles. The van der Waals surface area contributed by atoms with Crippen LogP contribution in [-0.2, 0) is 0 Å². The van der Waals surface area contributed by atoms with Crippen molar-refractivity contribution in [2.75, 3.05) is 0 Å². The fourth-order valence-corrected chi connectivity index (χ4v) is 19.8. The van der Waals surface area contributed by atoms with E-state index in [1.807, 2.05) is 6.07 Å². The first kappa shape index (κ1) is 31.3. The predicted molar refractivity (Wildman–Crippen MR) is 225 cm³/mol. The second-order valence-corrected chi connectivity index (χ2v) is 23.0. The molecule has 8 aromatic rings. The van der Waals surface area contributed by atoms with E-state index >= 15 is 0 Å². The van der Waals surface area contributed by atoms with Crippen LogP contribution in [-0.4, -0.2) is 31.6 Å². The van der Waals surface area contributed by atoms with Crippen molar-refractivity contribution < 1.29 is 17.7 Å². The standard InChI is InChI=1S/C48H31BO4Si.Ga/c50-44-25-13-10-22-40(44)33-28-35(51-34-16-4-1-5-17-34)30-38(29-33)54(36-18-6-2-7-19-36,37-20-8-3-9-21-37)39-31-42-41-23-11-14-26-45(41)53-49-43-24-12-15-27-46(43)52-47(32-39)48(42)49;/h1-16,18-27,29-32,50H;/q;+1/p-1. The van der Waals surface area contributed by atoms with Gasteiger partial charge in [-0.15, -0.1) is 0 Å². The Balaban J connectivity index is 1.21. The summed E-state index contributed by atoms with van der Waals surface area (Å²) in [7, 11) is -3.16. The molecule has 0 bridgehead atoms. The van der Waals surface area contributed by atoms with Crippen LogP contribution in [0.25, 0.3) is 22.3 Å². The number of para-hydroxylation sites is 4. The van der Waals surface area contributed by atoms with E-state index in [1.54, 1.807) is 0 Å². The van der Waals surface area contributed by atoms with Crippen molar-refractivity contribution >= 4 is 71.5 Å². The van der Waals surface area contributed by atoms with E-state index in [0.29, 0.717) is 0 Å². The van der Waals surface area contributed by atoms with Gasteiger partial charge in [-0.3, -0.25) is 0 Å². The van der Waals surface area contributed by atoms with Crippen molar-refractivity contribution in [2.24, 2.45) is 0 Å². The molecule has 0 unspecified atom stereocenters. The summed E-state index contributed by atoms with van der Waals surface area (Å²) < 4.78 is 30.2. The van der Waals surface area contributed by atoms with Crippen molar-refractivity contribution in [1.82, 2.24) is 0 Å². The maximum atomic E-state index is 7.01. The molecule has 4 aliphatic heterocycles. The summed E-state index contributed by atoms with van der Waals surface area (Å²) >= 11 is -2.78. The number of hydrogen-bond donors (Lipinski definition) is 0. The first-order valence-corrected chi connectivity index (χ1v) is 24.2. The summed E-state index contributed by atoms with van der Waals surface area (Å²) in [5.74, 6) is 5.33. The van der Waals surface area contributed by atoms with Gasteiger partial charge in [0.1, 0.15) is 0 Å². The van der Waals surface area contributed by atoms with E-state index in [4.69, 9.17) is 17.7 Å². The molecular weight excluding hydrogens is 749 g/mol. The van der Waals surface area contributed by atoms with Crippen LogP contribution in [0.3, 0.4) is 0 Å². The van der Waals surface area contributed by atoms with E-state index < -0.39 is 24.7 Å². The van der Waals surface area contributed by atoms with E-state index in [1.165, 1.54) is 34.5 Å². The Kier molecular flexibility index (Phi) is 6.78. The summed E-state index contributed by atoms with van der Waals surface area (Å²) in [6.07, 6.45) is 0. The molecule has 4 heterocycles. The zero-order valence-electron chi connectivity index (χ0n) is 29.6. The SMILES string of the molecule is c1ccc([Si](c2ccccc2)(c2cc3c4c(c2)-c2ccccc2OB4c2ccccc2O3)c2cc3[c]4c(c2)-c2ccccc2[O][Ga]4[c]2ccccc2O3)cc1. The van der Waals surface area contributed by atoms with Crippen molar-refractivity contribution in [2.45, 2.75) is 0 Å². The Morgan fingerprint density at radius 3 is 1.69 bits per heavy atom. The van der Waals surface area contributed by atoms with Crippen molar-refractivity contribution in [3.8, 4) is 56.8 Å². The number of ether oxygens (including phenoxy) is 2. The Labute approximate surface area is 326 Å². The van der Waals surface area contributed by atoms with Crippen LogP contribution in [0.5, 0.6) is 34.5 Å². The zero-order chi connectivity index (χ0) is 36.1. The van der Waals surface area contributed by atoms with Crippen LogP contribution in [0.1, 0.15) is 0 Å². The molecule has 4 aliphatic rings. The molecular formula is C48H30BGaO4Si. The molecule has 0 spiro atoms. The van der Waals surface area contributed by atoms with Gasteiger partial charge >= 0.3 is 322 Å². The monoisotopic (exact) mass is 778 g/mol. The number of benzene rings is 8. The third-order valence-corrected chi connectivity index (χ3v) is 22.0. The van der Waals surface area contributed by atoms with Crippen molar-refractivity contribution in [1.29, 1.82) is 0 Å². The fraction of sp³-hybridized carbons (Fsp3) is 0. The molecule has 0 aliphatic carbocycles.